The van der Waals surface area contributed by atoms with E-state index in [2.05, 4.69) is 10.6 Å². The van der Waals surface area contributed by atoms with Gasteiger partial charge >= 0.3 is 0 Å². The molecule has 2 heterocycles. The first-order chi connectivity index (χ1) is 10.6. The minimum absolute atomic E-state index is 0.00653. The van der Waals surface area contributed by atoms with E-state index < -0.39 is 10.0 Å². The molecule has 22 heavy (non-hydrogen) atoms. The molecule has 3 rings (SSSR count). The monoisotopic (exact) mass is 323 g/mol. The van der Waals surface area contributed by atoms with Crippen LogP contribution in [0.1, 0.15) is 24.8 Å². The van der Waals surface area contributed by atoms with E-state index >= 15 is 0 Å². The van der Waals surface area contributed by atoms with Gasteiger partial charge in [0.05, 0.1) is 4.90 Å². The maximum atomic E-state index is 12.8. The van der Waals surface area contributed by atoms with Gasteiger partial charge < -0.3 is 10.6 Å². The lowest BCUT2D eigenvalue weighted by Gasteiger charge is -2.20. The fourth-order valence-corrected chi connectivity index (χ4v) is 4.45. The first kappa shape index (κ1) is 15.5. The summed E-state index contributed by atoms with van der Waals surface area (Å²) in [7, 11) is -3.46. The standard InChI is InChI=1S/C15H21N3O3S/c19-15-4-1-3-12-11-13(5-6-14(12)17-15)22(20,21)18-9-2-7-16-8-10-18/h5-6,11,16H,1-4,7-10H2,(H,17,19). The van der Waals surface area contributed by atoms with Crippen LogP contribution in [0, 0.1) is 0 Å². The number of nitrogens with one attached hydrogen (secondary N) is 2. The summed E-state index contributed by atoms with van der Waals surface area (Å²) in [6.45, 7) is 2.57. The highest BCUT2D eigenvalue weighted by Crippen LogP contribution is 2.26. The van der Waals surface area contributed by atoms with E-state index in [4.69, 9.17) is 0 Å². The molecular formula is C15H21N3O3S. The molecule has 1 saturated heterocycles. The average molecular weight is 323 g/mol. The van der Waals surface area contributed by atoms with Crippen molar-refractivity contribution in [1.82, 2.24) is 9.62 Å². The fourth-order valence-electron chi connectivity index (χ4n) is 2.92. The van der Waals surface area contributed by atoms with Gasteiger partial charge in [-0.25, -0.2) is 8.42 Å². The molecule has 0 unspecified atom stereocenters. The van der Waals surface area contributed by atoms with Crippen LogP contribution < -0.4 is 10.6 Å². The lowest BCUT2D eigenvalue weighted by Crippen LogP contribution is -2.34. The zero-order valence-electron chi connectivity index (χ0n) is 12.5. The van der Waals surface area contributed by atoms with Gasteiger partial charge in [-0.05, 0) is 49.6 Å². The number of hydrogen-bond donors (Lipinski definition) is 2. The minimum atomic E-state index is -3.46. The molecule has 2 aliphatic heterocycles. The lowest BCUT2D eigenvalue weighted by molar-refractivity contribution is -0.116. The molecule has 0 aromatic heterocycles. The zero-order valence-corrected chi connectivity index (χ0v) is 13.3. The maximum Gasteiger partial charge on any atom is 0.243 e. The molecule has 1 aromatic rings. The minimum Gasteiger partial charge on any atom is -0.326 e. The normalized spacial score (nSPS) is 20.6. The zero-order chi connectivity index (χ0) is 15.6. The molecule has 0 spiro atoms. The highest BCUT2D eigenvalue weighted by atomic mass is 32.2. The SMILES string of the molecule is O=C1CCCc2cc(S(=O)(=O)N3CCCNCC3)ccc2N1. The first-order valence-corrected chi connectivity index (χ1v) is 9.15. The van der Waals surface area contributed by atoms with Gasteiger partial charge in [-0.15, -0.1) is 0 Å². The second kappa shape index (κ2) is 6.36. The first-order valence-electron chi connectivity index (χ1n) is 7.71. The topological polar surface area (TPSA) is 78.5 Å². The number of fused-ring (bicyclic) bond motifs is 1. The number of sulfonamides is 1. The second-order valence-electron chi connectivity index (χ2n) is 5.73. The summed E-state index contributed by atoms with van der Waals surface area (Å²) in [5, 5.41) is 6.04. The Bertz CT molecular complexity index is 665. The van der Waals surface area contributed by atoms with E-state index in [-0.39, 0.29) is 5.91 Å². The van der Waals surface area contributed by atoms with Gasteiger partial charge in [0.2, 0.25) is 15.9 Å². The van der Waals surface area contributed by atoms with Gasteiger partial charge in [0.1, 0.15) is 0 Å². The molecule has 1 fully saturated rings. The second-order valence-corrected chi connectivity index (χ2v) is 7.67. The molecule has 1 aromatic carbocycles. The summed E-state index contributed by atoms with van der Waals surface area (Å²) < 4.78 is 27.1. The predicted molar refractivity (Wildman–Crippen MR) is 84.3 cm³/mol. The third-order valence-electron chi connectivity index (χ3n) is 4.14. The Labute approximate surface area is 130 Å². The highest BCUT2D eigenvalue weighted by Gasteiger charge is 2.26. The number of nitrogens with zero attached hydrogens (tertiary/aromatic N) is 1. The number of aryl methyl sites for hydroxylation is 1. The fraction of sp³-hybridized carbons (Fsp3) is 0.533. The molecule has 0 saturated carbocycles. The van der Waals surface area contributed by atoms with Crippen molar-refractivity contribution in [1.29, 1.82) is 0 Å². The number of rotatable bonds is 2. The summed E-state index contributed by atoms with van der Waals surface area (Å²) in [5.41, 5.74) is 1.64. The van der Waals surface area contributed by atoms with Gasteiger partial charge in [0.25, 0.3) is 0 Å². The van der Waals surface area contributed by atoms with E-state index in [1.165, 1.54) is 0 Å². The van der Waals surface area contributed by atoms with Crippen molar-refractivity contribution in [3.63, 3.8) is 0 Å². The van der Waals surface area contributed by atoms with Crippen molar-refractivity contribution in [2.45, 2.75) is 30.6 Å². The molecular weight excluding hydrogens is 302 g/mol. The van der Waals surface area contributed by atoms with Crippen LogP contribution in [0.5, 0.6) is 0 Å². The number of carbonyl (C=O) groups is 1. The molecule has 2 N–H and O–H groups in total. The number of anilines is 1. The average Bonchev–Trinajstić information content (AvgIpc) is 2.86. The van der Waals surface area contributed by atoms with Gasteiger partial charge in [0, 0.05) is 31.7 Å². The quantitative estimate of drug-likeness (QED) is 0.849. The van der Waals surface area contributed by atoms with Crippen LogP contribution in [0.4, 0.5) is 5.69 Å². The van der Waals surface area contributed by atoms with E-state index in [0.29, 0.717) is 31.0 Å². The smallest absolute Gasteiger partial charge is 0.243 e. The van der Waals surface area contributed by atoms with Crippen molar-refractivity contribution < 1.29 is 13.2 Å². The number of amides is 1. The van der Waals surface area contributed by atoms with Crippen LogP contribution in [0.25, 0.3) is 0 Å². The van der Waals surface area contributed by atoms with E-state index in [0.717, 1.165) is 37.1 Å². The number of hydrogen-bond acceptors (Lipinski definition) is 4. The molecule has 1 amide bonds. The molecule has 120 valence electrons. The van der Waals surface area contributed by atoms with Gasteiger partial charge in [-0.3, -0.25) is 4.79 Å². The largest absolute Gasteiger partial charge is 0.326 e. The van der Waals surface area contributed by atoms with Crippen molar-refractivity contribution >= 4 is 21.6 Å². The van der Waals surface area contributed by atoms with Crippen molar-refractivity contribution in [2.75, 3.05) is 31.5 Å². The summed E-state index contributed by atoms with van der Waals surface area (Å²) in [5.74, 6) is -0.00653. The van der Waals surface area contributed by atoms with Crippen LogP contribution >= 0.6 is 0 Å². The maximum absolute atomic E-state index is 12.8. The van der Waals surface area contributed by atoms with Gasteiger partial charge in [0.15, 0.2) is 0 Å². The Kier molecular flexibility index (Phi) is 4.46. The van der Waals surface area contributed by atoms with Crippen LogP contribution in [0.2, 0.25) is 0 Å². The predicted octanol–water partition coefficient (Wildman–Crippen LogP) is 0.945. The summed E-state index contributed by atoms with van der Waals surface area (Å²) in [4.78, 5) is 11.9. The molecule has 6 nitrogen and oxygen atoms in total. The van der Waals surface area contributed by atoms with Gasteiger partial charge in [-0.1, -0.05) is 0 Å². The molecule has 0 radical (unpaired) electrons. The molecule has 0 bridgehead atoms. The summed E-state index contributed by atoms with van der Waals surface area (Å²) in [6, 6.07) is 5.02. The Balaban J connectivity index is 1.91. The highest BCUT2D eigenvalue weighted by molar-refractivity contribution is 7.89. The summed E-state index contributed by atoms with van der Waals surface area (Å²) >= 11 is 0. The molecule has 0 aliphatic carbocycles. The van der Waals surface area contributed by atoms with Crippen LogP contribution in [-0.2, 0) is 21.2 Å². The Morgan fingerprint density at radius 3 is 2.77 bits per heavy atom. The van der Waals surface area contributed by atoms with Crippen LogP contribution in [-0.4, -0.2) is 44.8 Å². The Morgan fingerprint density at radius 2 is 1.91 bits per heavy atom. The third-order valence-corrected chi connectivity index (χ3v) is 6.03. The van der Waals surface area contributed by atoms with Crippen molar-refractivity contribution in [3.8, 4) is 0 Å². The lowest BCUT2D eigenvalue weighted by atomic mass is 10.1. The van der Waals surface area contributed by atoms with Crippen molar-refractivity contribution in [2.24, 2.45) is 0 Å². The molecule has 7 heteroatoms. The van der Waals surface area contributed by atoms with Crippen LogP contribution in [0.3, 0.4) is 0 Å². The van der Waals surface area contributed by atoms with Gasteiger partial charge in [-0.2, -0.15) is 4.31 Å². The van der Waals surface area contributed by atoms with E-state index in [1.54, 1.807) is 22.5 Å². The Hall–Kier alpha value is -1.44. The van der Waals surface area contributed by atoms with E-state index in [1.807, 2.05) is 0 Å². The Morgan fingerprint density at radius 1 is 1.05 bits per heavy atom. The molecule has 2 aliphatic rings. The number of benzene rings is 1. The number of carbonyl (C=O) groups excluding carboxylic acids is 1. The van der Waals surface area contributed by atoms with Crippen LogP contribution in [0.15, 0.2) is 23.1 Å². The summed E-state index contributed by atoms with van der Waals surface area (Å²) in [6.07, 6.45) is 2.77. The molecule has 0 atom stereocenters. The van der Waals surface area contributed by atoms with Crippen molar-refractivity contribution in [3.05, 3.63) is 23.8 Å². The van der Waals surface area contributed by atoms with E-state index in [9.17, 15) is 13.2 Å². The third kappa shape index (κ3) is 3.16.